The second-order valence-corrected chi connectivity index (χ2v) is 4.76. The number of benzene rings is 2. The van der Waals surface area contributed by atoms with Crippen LogP contribution < -0.4 is 22.5 Å². The Hall–Kier alpha value is -2.99. The molecular weight excluding hydrogens is 280 g/mol. The first kappa shape index (κ1) is 15.4. The topological polar surface area (TPSA) is 127 Å². The van der Waals surface area contributed by atoms with Gasteiger partial charge in [-0.05, 0) is 48.0 Å². The van der Waals surface area contributed by atoms with Gasteiger partial charge in [-0.3, -0.25) is 4.79 Å². The number of anilines is 3. The maximum Gasteiger partial charge on any atom is 0.248 e. The largest absolute Gasteiger partial charge is 0.508 e. The molecule has 0 atom stereocenters. The quantitative estimate of drug-likeness (QED) is 0.333. The zero-order valence-electron chi connectivity index (χ0n) is 11.9. The maximum atomic E-state index is 12.0. The Morgan fingerprint density at radius 3 is 2.68 bits per heavy atom. The van der Waals surface area contributed by atoms with E-state index in [1.54, 1.807) is 24.3 Å². The third kappa shape index (κ3) is 3.77. The van der Waals surface area contributed by atoms with Crippen LogP contribution in [0.25, 0.3) is 6.08 Å². The van der Waals surface area contributed by atoms with Crippen LogP contribution >= 0.6 is 0 Å². The molecule has 114 valence electrons. The summed E-state index contributed by atoms with van der Waals surface area (Å²) in [5.74, 6) is -0.250. The summed E-state index contributed by atoms with van der Waals surface area (Å²) < 4.78 is 0. The van der Waals surface area contributed by atoms with Crippen LogP contribution in [0.15, 0.2) is 42.5 Å². The number of carbonyl (C=O) groups excluding carboxylic acids is 1. The molecule has 22 heavy (non-hydrogen) atoms. The summed E-state index contributed by atoms with van der Waals surface area (Å²) >= 11 is 0. The van der Waals surface area contributed by atoms with Crippen LogP contribution in [0.4, 0.5) is 17.1 Å². The molecule has 0 spiro atoms. The molecule has 0 bridgehead atoms. The fourth-order valence-electron chi connectivity index (χ4n) is 1.95. The van der Waals surface area contributed by atoms with Crippen molar-refractivity contribution in [2.45, 2.75) is 6.54 Å². The first-order valence-electron chi connectivity index (χ1n) is 6.65. The molecule has 2 rings (SSSR count). The second kappa shape index (κ2) is 6.64. The zero-order chi connectivity index (χ0) is 16.1. The third-order valence-electron chi connectivity index (χ3n) is 3.09. The number of phenolic OH excluding ortho intramolecular Hbond substituents is 1. The van der Waals surface area contributed by atoms with Gasteiger partial charge in [-0.2, -0.15) is 0 Å². The summed E-state index contributed by atoms with van der Waals surface area (Å²) in [4.78, 5) is 12.0. The van der Waals surface area contributed by atoms with Crippen molar-refractivity contribution in [3.63, 3.8) is 0 Å². The number of hydrogen-bond donors (Lipinski definition) is 5. The van der Waals surface area contributed by atoms with Crippen LogP contribution in [-0.2, 0) is 11.3 Å². The third-order valence-corrected chi connectivity index (χ3v) is 3.09. The van der Waals surface area contributed by atoms with E-state index in [9.17, 15) is 9.90 Å². The molecule has 0 saturated heterocycles. The van der Waals surface area contributed by atoms with Crippen molar-refractivity contribution >= 4 is 29.0 Å². The van der Waals surface area contributed by atoms with Crippen LogP contribution in [0.5, 0.6) is 5.75 Å². The summed E-state index contributed by atoms with van der Waals surface area (Å²) in [6.07, 6.45) is 2.87. The van der Waals surface area contributed by atoms with E-state index in [4.69, 9.17) is 17.2 Å². The smallest absolute Gasteiger partial charge is 0.248 e. The van der Waals surface area contributed by atoms with E-state index in [-0.39, 0.29) is 18.2 Å². The van der Waals surface area contributed by atoms with E-state index >= 15 is 0 Å². The number of hydrogen-bond acceptors (Lipinski definition) is 5. The van der Waals surface area contributed by atoms with Crippen molar-refractivity contribution in [2.75, 3.05) is 16.8 Å². The lowest BCUT2D eigenvalue weighted by atomic mass is 10.1. The minimum Gasteiger partial charge on any atom is -0.508 e. The molecule has 0 saturated carbocycles. The Bertz CT molecular complexity index is 726. The van der Waals surface area contributed by atoms with Crippen LogP contribution in [0.2, 0.25) is 0 Å². The van der Waals surface area contributed by atoms with Gasteiger partial charge >= 0.3 is 0 Å². The number of amides is 1. The molecule has 0 unspecified atom stereocenters. The van der Waals surface area contributed by atoms with E-state index in [2.05, 4.69) is 5.32 Å². The van der Waals surface area contributed by atoms with Gasteiger partial charge in [-0.15, -0.1) is 0 Å². The summed E-state index contributed by atoms with van der Waals surface area (Å²) in [5, 5.41) is 12.1. The van der Waals surface area contributed by atoms with Crippen molar-refractivity contribution in [2.24, 2.45) is 5.73 Å². The number of phenols is 1. The molecule has 6 nitrogen and oxygen atoms in total. The normalized spacial score (nSPS) is 10.8. The number of carbonyl (C=O) groups is 1. The average Bonchev–Trinajstić information content (AvgIpc) is 2.50. The maximum absolute atomic E-state index is 12.0. The highest BCUT2D eigenvalue weighted by molar-refractivity contribution is 6.02. The number of rotatable bonds is 4. The van der Waals surface area contributed by atoms with Crippen molar-refractivity contribution < 1.29 is 9.90 Å². The SMILES string of the molecule is NCc1cc(N)ccc1NC(=O)C=Cc1cc(O)ccc1N. The van der Waals surface area contributed by atoms with Gasteiger partial charge in [0.15, 0.2) is 0 Å². The predicted molar refractivity (Wildman–Crippen MR) is 88.9 cm³/mol. The van der Waals surface area contributed by atoms with Gasteiger partial charge in [0.1, 0.15) is 5.75 Å². The first-order valence-corrected chi connectivity index (χ1v) is 6.65. The van der Waals surface area contributed by atoms with Crippen molar-refractivity contribution in [3.05, 3.63) is 53.6 Å². The van der Waals surface area contributed by atoms with Crippen LogP contribution in [-0.4, -0.2) is 11.0 Å². The molecular formula is C16H18N4O2. The fourth-order valence-corrected chi connectivity index (χ4v) is 1.95. The number of nitrogen functional groups attached to an aromatic ring is 2. The van der Waals surface area contributed by atoms with Crippen molar-refractivity contribution in [3.8, 4) is 5.75 Å². The molecule has 6 heteroatoms. The Balaban J connectivity index is 2.13. The minimum absolute atomic E-state index is 0.0817. The van der Waals surface area contributed by atoms with E-state index < -0.39 is 0 Å². The standard InChI is InChI=1S/C16H18N4O2/c17-9-11-7-12(18)2-5-15(11)20-16(22)6-1-10-8-13(21)3-4-14(10)19/h1-8,21H,9,17-19H2,(H,20,22). The molecule has 1 amide bonds. The molecule has 0 fully saturated rings. The van der Waals surface area contributed by atoms with Gasteiger partial charge in [0.05, 0.1) is 0 Å². The lowest BCUT2D eigenvalue weighted by molar-refractivity contribution is -0.111. The monoisotopic (exact) mass is 298 g/mol. The minimum atomic E-state index is -0.331. The molecule has 0 aliphatic rings. The highest BCUT2D eigenvalue weighted by Gasteiger charge is 2.05. The van der Waals surface area contributed by atoms with Gasteiger partial charge in [-0.1, -0.05) is 0 Å². The molecule has 0 aliphatic heterocycles. The van der Waals surface area contributed by atoms with Crippen LogP contribution in [0.3, 0.4) is 0 Å². The number of nitrogens with two attached hydrogens (primary N) is 3. The van der Waals surface area contributed by atoms with Gasteiger partial charge in [0.2, 0.25) is 5.91 Å². The summed E-state index contributed by atoms with van der Waals surface area (Å²) in [7, 11) is 0. The fraction of sp³-hybridized carbons (Fsp3) is 0.0625. The Morgan fingerprint density at radius 2 is 1.95 bits per heavy atom. The van der Waals surface area contributed by atoms with Gasteiger partial charge in [0.25, 0.3) is 0 Å². The van der Waals surface area contributed by atoms with E-state index in [0.29, 0.717) is 22.6 Å². The zero-order valence-corrected chi connectivity index (χ0v) is 11.9. The van der Waals surface area contributed by atoms with Gasteiger partial charge in [-0.25, -0.2) is 0 Å². The van der Waals surface area contributed by atoms with Crippen molar-refractivity contribution in [1.82, 2.24) is 0 Å². The summed E-state index contributed by atoms with van der Waals surface area (Å²) in [5.41, 5.74) is 20.0. The lowest BCUT2D eigenvalue weighted by Gasteiger charge is -2.09. The molecule has 8 N–H and O–H groups in total. The molecule has 2 aromatic carbocycles. The summed E-state index contributed by atoms with van der Waals surface area (Å²) in [6, 6.07) is 9.63. The molecule has 0 heterocycles. The Labute approximate surface area is 128 Å². The van der Waals surface area contributed by atoms with Gasteiger partial charge < -0.3 is 27.6 Å². The molecule has 2 aromatic rings. The van der Waals surface area contributed by atoms with E-state index in [1.165, 1.54) is 24.3 Å². The number of nitrogens with one attached hydrogen (secondary N) is 1. The molecule has 0 radical (unpaired) electrons. The molecule has 0 aliphatic carbocycles. The molecule has 0 aromatic heterocycles. The van der Waals surface area contributed by atoms with Gasteiger partial charge in [0, 0.05) is 35.2 Å². The first-order chi connectivity index (χ1) is 10.5. The van der Waals surface area contributed by atoms with E-state index in [0.717, 1.165) is 5.56 Å². The highest BCUT2D eigenvalue weighted by atomic mass is 16.3. The Morgan fingerprint density at radius 1 is 1.18 bits per heavy atom. The highest BCUT2D eigenvalue weighted by Crippen LogP contribution is 2.21. The van der Waals surface area contributed by atoms with Crippen molar-refractivity contribution in [1.29, 1.82) is 0 Å². The second-order valence-electron chi connectivity index (χ2n) is 4.76. The predicted octanol–water partition coefficient (Wildman–Crippen LogP) is 1.67. The van der Waals surface area contributed by atoms with Crippen LogP contribution in [0.1, 0.15) is 11.1 Å². The summed E-state index contributed by atoms with van der Waals surface area (Å²) in [6.45, 7) is 0.268. The van der Waals surface area contributed by atoms with E-state index in [1.807, 2.05) is 0 Å². The number of aromatic hydroxyl groups is 1. The lowest BCUT2D eigenvalue weighted by Crippen LogP contribution is -2.11. The Kier molecular flexibility index (Phi) is 4.65. The average molecular weight is 298 g/mol. The van der Waals surface area contributed by atoms with Crippen LogP contribution in [0, 0.1) is 0 Å².